The highest BCUT2D eigenvalue weighted by molar-refractivity contribution is 5.89. The van der Waals surface area contributed by atoms with E-state index in [1.54, 1.807) is 42.9 Å². The van der Waals surface area contributed by atoms with E-state index < -0.39 is 6.10 Å². The number of carbonyl (C=O) groups is 1. The first-order chi connectivity index (χ1) is 13.6. The summed E-state index contributed by atoms with van der Waals surface area (Å²) in [5.41, 5.74) is 1.45. The molecule has 1 saturated carbocycles. The van der Waals surface area contributed by atoms with Gasteiger partial charge in [0.1, 0.15) is 11.9 Å². The Bertz CT molecular complexity index is 799. The van der Waals surface area contributed by atoms with Gasteiger partial charge >= 0.3 is 5.97 Å². The number of ether oxygens (including phenoxy) is 2. The lowest BCUT2D eigenvalue weighted by molar-refractivity contribution is -0.0231. The SMILES string of the molecule is COC(=O)c1ccc(O[C@@H]2C[C@@H]3CN(Cc4cnccn4)C[C@@H]3C[C@H]2O)cc1. The maximum atomic E-state index is 11.5. The predicted octanol–water partition coefficient (Wildman–Crippen LogP) is 1.91. The average molecular weight is 383 g/mol. The van der Waals surface area contributed by atoms with Gasteiger partial charge in [-0.2, -0.15) is 0 Å². The van der Waals surface area contributed by atoms with Crippen LogP contribution < -0.4 is 4.74 Å². The molecule has 0 bridgehead atoms. The Balaban J connectivity index is 1.35. The molecule has 0 spiro atoms. The summed E-state index contributed by atoms with van der Waals surface area (Å²) in [6.07, 6.45) is 6.05. The quantitative estimate of drug-likeness (QED) is 0.790. The van der Waals surface area contributed by atoms with E-state index in [9.17, 15) is 9.90 Å². The number of carbonyl (C=O) groups excluding carboxylic acids is 1. The predicted molar refractivity (Wildman–Crippen MR) is 102 cm³/mol. The molecule has 1 saturated heterocycles. The zero-order valence-corrected chi connectivity index (χ0v) is 15.9. The monoisotopic (exact) mass is 383 g/mol. The molecule has 1 N–H and O–H groups in total. The van der Waals surface area contributed by atoms with Gasteiger partial charge in [-0.25, -0.2) is 4.79 Å². The molecule has 7 heteroatoms. The molecular weight excluding hydrogens is 358 g/mol. The van der Waals surface area contributed by atoms with Crippen LogP contribution in [-0.4, -0.2) is 58.4 Å². The van der Waals surface area contributed by atoms with Crippen molar-refractivity contribution in [3.05, 3.63) is 54.1 Å². The first-order valence-corrected chi connectivity index (χ1v) is 9.62. The van der Waals surface area contributed by atoms with E-state index in [-0.39, 0.29) is 12.1 Å². The van der Waals surface area contributed by atoms with Crippen molar-refractivity contribution >= 4 is 5.97 Å². The van der Waals surface area contributed by atoms with Gasteiger partial charge in [0, 0.05) is 38.2 Å². The number of hydrogen-bond donors (Lipinski definition) is 1. The summed E-state index contributed by atoms with van der Waals surface area (Å²) in [6, 6.07) is 6.86. The molecule has 148 valence electrons. The molecule has 28 heavy (non-hydrogen) atoms. The minimum Gasteiger partial charge on any atom is -0.488 e. The van der Waals surface area contributed by atoms with E-state index in [4.69, 9.17) is 9.47 Å². The zero-order valence-electron chi connectivity index (χ0n) is 15.9. The average Bonchev–Trinajstić information content (AvgIpc) is 3.09. The van der Waals surface area contributed by atoms with Crippen LogP contribution in [0.1, 0.15) is 28.9 Å². The van der Waals surface area contributed by atoms with Gasteiger partial charge in [0.25, 0.3) is 0 Å². The van der Waals surface area contributed by atoms with Crippen molar-refractivity contribution in [2.24, 2.45) is 11.8 Å². The fraction of sp³-hybridized carbons (Fsp3) is 0.476. The maximum Gasteiger partial charge on any atom is 0.337 e. The van der Waals surface area contributed by atoms with E-state index in [2.05, 4.69) is 14.9 Å². The molecule has 2 fully saturated rings. The van der Waals surface area contributed by atoms with Crippen LogP contribution in [0.3, 0.4) is 0 Å². The third-order valence-corrected chi connectivity index (χ3v) is 5.73. The molecule has 4 atom stereocenters. The maximum absolute atomic E-state index is 11.5. The van der Waals surface area contributed by atoms with E-state index in [1.807, 2.05) is 0 Å². The van der Waals surface area contributed by atoms with Gasteiger partial charge in [-0.3, -0.25) is 14.9 Å². The molecule has 0 unspecified atom stereocenters. The number of hydrogen-bond acceptors (Lipinski definition) is 7. The first kappa shape index (κ1) is 18.8. The first-order valence-electron chi connectivity index (χ1n) is 9.62. The van der Waals surface area contributed by atoms with Crippen molar-refractivity contribution in [3.8, 4) is 5.75 Å². The number of methoxy groups -OCH3 is 1. The van der Waals surface area contributed by atoms with E-state index in [0.29, 0.717) is 23.1 Å². The number of rotatable bonds is 5. The molecule has 2 aromatic rings. The normalized spacial score (nSPS) is 27.2. The van der Waals surface area contributed by atoms with Gasteiger partial charge in [0.15, 0.2) is 0 Å². The highest BCUT2D eigenvalue weighted by atomic mass is 16.5. The zero-order chi connectivity index (χ0) is 19.5. The number of benzene rings is 1. The van der Waals surface area contributed by atoms with Crippen molar-refractivity contribution in [3.63, 3.8) is 0 Å². The van der Waals surface area contributed by atoms with Crippen LogP contribution in [0.25, 0.3) is 0 Å². The van der Waals surface area contributed by atoms with Crippen molar-refractivity contribution < 1.29 is 19.4 Å². The number of likely N-dealkylation sites (tertiary alicyclic amines) is 1. The van der Waals surface area contributed by atoms with E-state index in [0.717, 1.165) is 38.2 Å². The van der Waals surface area contributed by atoms with Crippen LogP contribution in [0.2, 0.25) is 0 Å². The second-order valence-electron chi connectivity index (χ2n) is 7.62. The molecule has 2 heterocycles. The van der Waals surface area contributed by atoms with Gasteiger partial charge in [-0.15, -0.1) is 0 Å². The Morgan fingerprint density at radius 3 is 2.61 bits per heavy atom. The van der Waals surface area contributed by atoms with Gasteiger partial charge in [-0.1, -0.05) is 0 Å². The molecule has 1 aliphatic heterocycles. The Kier molecular flexibility index (Phi) is 5.54. The highest BCUT2D eigenvalue weighted by Gasteiger charge is 2.42. The number of aliphatic hydroxyl groups is 1. The van der Waals surface area contributed by atoms with Gasteiger partial charge in [0.05, 0.1) is 24.5 Å². The lowest BCUT2D eigenvalue weighted by atomic mass is 9.78. The fourth-order valence-corrected chi connectivity index (χ4v) is 4.35. The summed E-state index contributed by atoms with van der Waals surface area (Å²) in [4.78, 5) is 22.4. The van der Waals surface area contributed by atoms with Crippen LogP contribution in [0.4, 0.5) is 0 Å². The standard InChI is InChI=1S/C21H25N3O4/c1-27-21(26)14-2-4-18(5-3-14)28-20-9-16-12-24(11-15(16)8-19(20)25)13-17-10-22-6-7-23-17/h2-7,10,15-16,19-20,25H,8-9,11-13H2,1H3/t15-,16+,19+,20+/m0/s1. The number of nitrogens with zero attached hydrogens (tertiary/aromatic N) is 3. The molecule has 0 radical (unpaired) electrons. The summed E-state index contributed by atoms with van der Waals surface area (Å²) >= 11 is 0. The molecule has 1 aliphatic carbocycles. The van der Waals surface area contributed by atoms with Crippen molar-refractivity contribution in [2.75, 3.05) is 20.2 Å². The Hall–Kier alpha value is -2.51. The van der Waals surface area contributed by atoms with Crippen LogP contribution in [-0.2, 0) is 11.3 Å². The summed E-state index contributed by atoms with van der Waals surface area (Å²) in [5, 5.41) is 10.6. The van der Waals surface area contributed by atoms with E-state index >= 15 is 0 Å². The molecule has 4 rings (SSSR count). The largest absolute Gasteiger partial charge is 0.488 e. The van der Waals surface area contributed by atoms with Crippen LogP contribution in [0.5, 0.6) is 5.75 Å². The number of aliphatic hydroxyl groups excluding tert-OH is 1. The molecule has 1 aromatic carbocycles. The Morgan fingerprint density at radius 2 is 1.93 bits per heavy atom. The number of fused-ring (bicyclic) bond motifs is 1. The second-order valence-corrected chi connectivity index (χ2v) is 7.62. The number of esters is 1. The summed E-state index contributed by atoms with van der Waals surface area (Å²) < 4.78 is 10.8. The number of aromatic nitrogens is 2. The molecular formula is C21H25N3O4. The third-order valence-electron chi connectivity index (χ3n) is 5.73. The fourth-order valence-electron chi connectivity index (χ4n) is 4.35. The summed E-state index contributed by atoms with van der Waals surface area (Å²) in [6.45, 7) is 2.74. The van der Waals surface area contributed by atoms with Crippen LogP contribution in [0.15, 0.2) is 42.9 Å². The van der Waals surface area contributed by atoms with Crippen LogP contribution in [0, 0.1) is 11.8 Å². The smallest absolute Gasteiger partial charge is 0.337 e. The minimum absolute atomic E-state index is 0.235. The highest BCUT2D eigenvalue weighted by Crippen LogP contribution is 2.38. The Labute approximate surface area is 164 Å². The van der Waals surface area contributed by atoms with E-state index in [1.165, 1.54) is 7.11 Å². The van der Waals surface area contributed by atoms with Crippen molar-refractivity contribution in [2.45, 2.75) is 31.6 Å². The summed E-state index contributed by atoms with van der Waals surface area (Å²) in [5.74, 6) is 1.26. The van der Waals surface area contributed by atoms with Crippen molar-refractivity contribution in [1.82, 2.24) is 14.9 Å². The molecule has 0 amide bonds. The second kappa shape index (κ2) is 8.24. The molecule has 1 aromatic heterocycles. The Morgan fingerprint density at radius 1 is 1.18 bits per heavy atom. The van der Waals surface area contributed by atoms with Gasteiger partial charge in [-0.05, 0) is 48.9 Å². The van der Waals surface area contributed by atoms with Gasteiger partial charge < -0.3 is 14.6 Å². The van der Waals surface area contributed by atoms with Crippen molar-refractivity contribution in [1.29, 1.82) is 0 Å². The lowest BCUT2D eigenvalue weighted by Gasteiger charge is -2.35. The minimum atomic E-state index is -0.488. The topological polar surface area (TPSA) is 84.8 Å². The lowest BCUT2D eigenvalue weighted by Crippen LogP contribution is -2.42. The van der Waals surface area contributed by atoms with Gasteiger partial charge in [0.2, 0.25) is 0 Å². The molecule has 7 nitrogen and oxygen atoms in total. The third kappa shape index (κ3) is 4.15. The summed E-state index contributed by atoms with van der Waals surface area (Å²) in [7, 11) is 1.36. The molecule has 2 aliphatic rings. The van der Waals surface area contributed by atoms with Crippen LogP contribution >= 0.6 is 0 Å².